The number of hydrogen-bond acceptors (Lipinski definition) is 1. The predicted molar refractivity (Wildman–Crippen MR) is 59.7 cm³/mol. The summed E-state index contributed by atoms with van der Waals surface area (Å²) >= 11 is 0. The molecule has 1 rings (SSSR count). The van der Waals surface area contributed by atoms with E-state index < -0.39 is 5.67 Å². The first-order chi connectivity index (χ1) is 6.95. The first kappa shape index (κ1) is 11.9. The van der Waals surface area contributed by atoms with Crippen LogP contribution in [-0.4, -0.2) is 6.29 Å². The van der Waals surface area contributed by atoms with Crippen molar-refractivity contribution in [2.24, 2.45) is 0 Å². The molecule has 0 bridgehead atoms. The molecular formula is C13H17FO. The summed E-state index contributed by atoms with van der Waals surface area (Å²) in [5, 5.41) is 0. The van der Waals surface area contributed by atoms with Gasteiger partial charge in [-0.3, -0.25) is 0 Å². The van der Waals surface area contributed by atoms with Crippen molar-refractivity contribution >= 4 is 6.29 Å². The molecule has 0 aliphatic heterocycles. The molecule has 0 N–H and O–H groups in total. The molecule has 0 saturated carbocycles. The lowest BCUT2D eigenvalue weighted by molar-refractivity contribution is -0.108. The highest BCUT2D eigenvalue weighted by Crippen LogP contribution is 2.27. The summed E-state index contributed by atoms with van der Waals surface area (Å²) in [6.07, 6.45) is 1.38. The van der Waals surface area contributed by atoms with Crippen molar-refractivity contribution in [2.45, 2.75) is 38.8 Å². The van der Waals surface area contributed by atoms with E-state index in [0.717, 1.165) is 11.8 Å². The molecule has 1 aromatic rings. The topological polar surface area (TPSA) is 17.1 Å². The van der Waals surface area contributed by atoms with Crippen LogP contribution in [0.25, 0.3) is 0 Å². The number of halogens is 1. The van der Waals surface area contributed by atoms with Gasteiger partial charge in [0.2, 0.25) is 0 Å². The summed E-state index contributed by atoms with van der Waals surface area (Å²) in [6.45, 7) is 5.05. The summed E-state index contributed by atoms with van der Waals surface area (Å²) in [5.74, 6) is 0.157. The number of carbonyl (C=O) groups excluding carboxylic acids is 1. The summed E-state index contributed by atoms with van der Waals surface area (Å²) in [6, 6.07) is 7.39. The third-order valence-corrected chi connectivity index (χ3v) is 2.59. The molecule has 1 unspecified atom stereocenters. The maximum absolute atomic E-state index is 13.7. The molecule has 1 atom stereocenters. The standard InChI is InChI=1S/C13H17FO/c1-10(7-8-15)11-5-4-6-12(9-11)13(2,3)14/h4-6,8-10H,7H2,1-3H3. The minimum Gasteiger partial charge on any atom is -0.303 e. The van der Waals surface area contributed by atoms with E-state index in [1.165, 1.54) is 13.8 Å². The Kier molecular flexibility index (Phi) is 3.61. The lowest BCUT2D eigenvalue weighted by Crippen LogP contribution is -2.09. The van der Waals surface area contributed by atoms with Crippen LogP contribution in [0.2, 0.25) is 0 Å². The van der Waals surface area contributed by atoms with Gasteiger partial charge in [-0.15, -0.1) is 0 Å². The molecule has 0 aliphatic carbocycles. The Hall–Kier alpha value is -1.18. The van der Waals surface area contributed by atoms with E-state index in [4.69, 9.17) is 0 Å². The maximum atomic E-state index is 13.7. The van der Waals surface area contributed by atoms with Crippen molar-refractivity contribution in [3.63, 3.8) is 0 Å². The molecule has 0 amide bonds. The number of aldehydes is 1. The highest BCUT2D eigenvalue weighted by molar-refractivity contribution is 5.51. The average molecular weight is 208 g/mol. The van der Waals surface area contributed by atoms with Crippen molar-refractivity contribution in [3.8, 4) is 0 Å². The number of carbonyl (C=O) groups is 1. The van der Waals surface area contributed by atoms with Gasteiger partial charge >= 0.3 is 0 Å². The van der Waals surface area contributed by atoms with Crippen LogP contribution in [0.15, 0.2) is 24.3 Å². The Balaban J connectivity index is 2.97. The van der Waals surface area contributed by atoms with Crippen LogP contribution >= 0.6 is 0 Å². The first-order valence-corrected chi connectivity index (χ1v) is 5.18. The molecule has 82 valence electrons. The van der Waals surface area contributed by atoms with E-state index in [1.807, 2.05) is 25.1 Å². The Morgan fingerprint density at radius 1 is 1.47 bits per heavy atom. The van der Waals surface area contributed by atoms with E-state index in [-0.39, 0.29) is 5.92 Å². The second-order valence-corrected chi connectivity index (χ2v) is 4.40. The van der Waals surface area contributed by atoms with Crippen LogP contribution in [0.3, 0.4) is 0 Å². The van der Waals surface area contributed by atoms with Gasteiger partial charge in [-0.1, -0.05) is 31.2 Å². The normalized spacial score (nSPS) is 13.6. The zero-order valence-electron chi connectivity index (χ0n) is 9.46. The molecule has 1 nitrogen and oxygen atoms in total. The Bertz CT molecular complexity index is 339. The quantitative estimate of drug-likeness (QED) is 0.691. The molecule has 0 heterocycles. The number of rotatable bonds is 4. The maximum Gasteiger partial charge on any atom is 0.130 e. The Morgan fingerprint density at radius 2 is 2.13 bits per heavy atom. The SMILES string of the molecule is CC(CC=O)c1cccc(C(C)(C)F)c1. The van der Waals surface area contributed by atoms with Crippen LogP contribution in [0.5, 0.6) is 0 Å². The van der Waals surface area contributed by atoms with Crippen molar-refractivity contribution < 1.29 is 9.18 Å². The van der Waals surface area contributed by atoms with Crippen molar-refractivity contribution in [1.29, 1.82) is 0 Å². The minimum absolute atomic E-state index is 0.157. The van der Waals surface area contributed by atoms with E-state index in [1.54, 1.807) is 6.07 Å². The van der Waals surface area contributed by atoms with Gasteiger partial charge in [0.15, 0.2) is 0 Å². The van der Waals surface area contributed by atoms with Crippen molar-refractivity contribution in [2.75, 3.05) is 0 Å². The summed E-state index contributed by atoms with van der Waals surface area (Å²) in [4.78, 5) is 10.4. The molecule has 0 radical (unpaired) electrons. The first-order valence-electron chi connectivity index (χ1n) is 5.18. The van der Waals surface area contributed by atoms with Gasteiger partial charge in [0, 0.05) is 6.42 Å². The van der Waals surface area contributed by atoms with E-state index in [0.29, 0.717) is 12.0 Å². The summed E-state index contributed by atoms with van der Waals surface area (Å²) < 4.78 is 13.7. The van der Waals surface area contributed by atoms with Crippen LogP contribution in [0, 0.1) is 0 Å². The molecule has 0 saturated heterocycles. The van der Waals surface area contributed by atoms with Crippen LogP contribution < -0.4 is 0 Å². The Labute approximate surface area is 90.3 Å². The van der Waals surface area contributed by atoms with Crippen LogP contribution in [-0.2, 0) is 10.5 Å². The molecule has 2 heteroatoms. The number of hydrogen-bond donors (Lipinski definition) is 0. The fourth-order valence-corrected chi connectivity index (χ4v) is 1.50. The lowest BCUT2D eigenvalue weighted by atomic mass is 9.92. The van der Waals surface area contributed by atoms with Gasteiger partial charge in [0.1, 0.15) is 12.0 Å². The second kappa shape index (κ2) is 4.56. The molecule has 0 aromatic heterocycles. The summed E-state index contributed by atoms with van der Waals surface area (Å²) in [5.41, 5.74) is 0.361. The number of alkyl halides is 1. The summed E-state index contributed by atoms with van der Waals surface area (Å²) in [7, 11) is 0. The molecule has 0 fully saturated rings. The Morgan fingerprint density at radius 3 is 2.67 bits per heavy atom. The van der Waals surface area contributed by atoms with Crippen molar-refractivity contribution in [1.82, 2.24) is 0 Å². The van der Waals surface area contributed by atoms with Crippen LogP contribution in [0.4, 0.5) is 4.39 Å². The third kappa shape index (κ3) is 3.15. The molecule has 15 heavy (non-hydrogen) atoms. The van der Waals surface area contributed by atoms with E-state index in [2.05, 4.69) is 0 Å². The van der Waals surface area contributed by atoms with Gasteiger partial charge in [-0.2, -0.15) is 0 Å². The van der Waals surface area contributed by atoms with Crippen LogP contribution in [0.1, 0.15) is 44.2 Å². The highest BCUT2D eigenvalue weighted by Gasteiger charge is 2.19. The lowest BCUT2D eigenvalue weighted by Gasteiger charge is -2.17. The monoisotopic (exact) mass is 208 g/mol. The van der Waals surface area contributed by atoms with Crippen molar-refractivity contribution in [3.05, 3.63) is 35.4 Å². The third-order valence-electron chi connectivity index (χ3n) is 2.59. The molecule has 0 aliphatic rings. The average Bonchev–Trinajstić information content (AvgIpc) is 2.17. The zero-order valence-corrected chi connectivity index (χ0v) is 9.46. The molecule has 0 spiro atoms. The fourth-order valence-electron chi connectivity index (χ4n) is 1.50. The smallest absolute Gasteiger partial charge is 0.130 e. The van der Waals surface area contributed by atoms with Gasteiger partial charge < -0.3 is 4.79 Å². The minimum atomic E-state index is -1.32. The number of benzene rings is 1. The predicted octanol–water partition coefficient (Wildman–Crippen LogP) is 3.58. The largest absolute Gasteiger partial charge is 0.303 e. The fraction of sp³-hybridized carbons (Fsp3) is 0.462. The van der Waals surface area contributed by atoms with Gasteiger partial charge in [-0.25, -0.2) is 4.39 Å². The van der Waals surface area contributed by atoms with Gasteiger partial charge in [0.25, 0.3) is 0 Å². The van der Waals surface area contributed by atoms with E-state index >= 15 is 0 Å². The zero-order chi connectivity index (χ0) is 11.5. The molecule has 1 aromatic carbocycles. The highest BCUT2D eigenvalue weighted by atomic mass is 19.1. The van der Waals surface area contributed by atoms with Gasteiger partial charge in [0.05, 0.1) is 0 Å². The van der Waals surface area contributed by atoms with Gasteiger partial charge in [-0.05, 0) is 30.9 Å². The second-order valence-electron chi connectivity index (χ2n) is 4.40. The van der Waals surface area contributed by atoms with E-state index in [9.17, 15) is 9.18 Å². The molecular weight excluding hydrogens is 191 g/mol.